The topological polar surface area (TPSA) is 35.5 Å². The number of ketones is 1. The van der Waals surface area contributed by atoms with E-state index in [9.17, 15) is 4.79 Å². The van der Waals surface area contributed by atoms with Crippen molar-refractivity contribution in [1.29, 1.82) is 0 Å². The fraction of sp³-hybridized carbons (Fsp3) is 0.353. The normalized spacial score (nSPS) is 22.1. The molecule has 1 aliphatic heterocycles. The lowest BCUT2D eigenvalue weighted by atomic mass is 10.00. The zero-order valence-corrected chi connectivity index (χ0v) is 11.8. The summed E-state index contributed by atoms with van der Waals surface area (Å²) in [5.74, 6) is 0.914. The molecule has 2 atom stereocenters. The van der Waals surface area contributed by atoms with E-state index >= 15 is 0 Å². The Bertz CT molecular complexity index is 648. The molecule has 104 valence electrons. The van der Waals surface area contributed by atoms with Gasteiger partial charge in [0.05, 0.1) is 13.2 Å². The standard InChI is InChI=1S/C17H18O3/c1-11-3-8-16(20-11)17(18)14-5-4-13-10-15(19-2)7-6-12(13)9-14/h4-7,9-11,16H,3,8H2,1-2H3. The number of carbonyl (C=O) groups is 1. The van der Waals surface area contributed by atoms with Gasteiger partial charge in [0.25, 0.3) is 0 Å². The summed E-state index contributed by atoms with van der Waals surface area (Å²) in [6, 6.07) is 11.6. The van der Waals surface area contributed by atoms with E-state index in [4.69, 9.17) is 9.47 Å². The van der Waals surface area contributed by atoms with Gasteiger partial charge >= 0.3 is 0 Å². The van der Waals surface area contributed by atoms with E-state index in [0.717, 1.165) is 34.9 Å². The van der Waals surface area contributed by atoms with Crippen molar-refractivity contribution >= 4 is 16.6 Å². The molecule has 3 nitrogen and oxygen atoms in total. The van der Waals surface area contributed by atoms with Crippen molar-refractivity contribution < 1.29 is 14.3 Å². The van der Waals surface area contributed by atoms with Crippen LogP contribution in [0.3, 0.4) is 0 Å². The zero-order valence-electron chi connectivity index (χ0n) is 11.8. The maximum atomic E-state index is 12.4. The van der Waals surface area contributed by atoms with Crippen LogP contribution in [0.2, 0.25) is 0 Å². The molecule has 1 aliphatic rings. The van der Waals surface area contributed by atoms with Crippen LogP contribution in [0, 0.1) is 0 Å². The van der Waals surface area contributed by atoms with Gasteiger partial charge in [-0.05, 0) is 48.7 Å². The lowest BCUT2D eigenvalue weighted by molar-refractivity contribution is 0.0433. The number of methoxy groups -OCH3 is 1. The van der Waals surface area contributed by atoms with E-state index in [2.05, 4.69) is 0 Å². The average molecular weight is 270 g/mol. The molecule has 2 aromatic rings. The van der Waals surface area contributed by atoms with Crippen molar-refractivity contribution in [2.24, 2.45) is 0 Å². The molecule has 0 saturated carbocycles. The highest BCUT2D eigenvalue weighted by molar-refractivity contribution is 6.02. The number of rotatable bonds is 3. The van der Waals surface area contributed by atoms with Gasteiger partial charge in [0.1, 0.15) is 11.9 Å². The van der Waals surface area contributed by atoms with E-state index in [-0.39, 0.29) is 18.0 Å². The number of hydrogen-bond donors (Lipinski definition) is 0. The molecule has 0 aromatic heterocycles. The van der Waals surface area contributed by atoms with Crippen molar-refractivity contribution in [3.63, 3.8) is 0 Å². The zero-order chi connectivity index (χ0) is 14.1. The van der Waals surface area contributed by atoms with Gasteiger partial charge in [-0.2, -0.15) is 0 Å². The SMILES string of the molecule is COc1ccc2cc(C(=O)C3CCC(C)O3)ccc2c1. The minimum absolute atomic E-state index is 0.0899. The first kappa shape index (κ1) is 13.1. The molecule has 2 aromatic carbocycles. The average Bonchev–Trinajstić information content (AvgIpc) is 2.92. The van der Waals surface area contributed by atoms with Gasteiger partial charge in [-0.15, -0.1) is 0 Å². The van der Waals surface area contributed by atoms with Gasteiger partial charge < -0.3 is 9.47 Å². The Kier molecular flexibility index (Phi) is 3.45. The summed E-state index contributed by atoms with van der Waals surface area (Å²) in [5, 5.41) is 2.12. The van der Waals surface area contributed by atoms with E-state index in [0.29, 0.717) is 0 Å². The fourth-order valence-corrected chi connectivity index (χ4v) is 2.69. The van der Waals surface area contributed by atoms with E-state index < -0.39 is 0 Å². The van der Waals surface area contributed by atoms with E-state index in [1.165, 1.54) is 0 Å². The summed E-state index contributed by atoms with van der Waals surface area (Å²) < 4.78 is 10.9. The van der Waals surface area contributed by atoms with Crippen molar-refractivity contribution in [3.05, 3.63) is 42.0 Å². The number of carbonyl (C=O) groups excluding carboxylic acids is 1. The fourth-order valence-electron chi connectivity index (χ4n) is 2.69. The lowest BCUT2D eigenvalue weighted by Crippen LogP contribution is -2.20. The summed E-state index contributed by atoms with van der Waals surface area (Å²) in [6.45, 7) is 2.01. The molecule has 3 heteroatoms. The Morgan fingerprint density at radius 1 is 1.15 bits per heavy atom. The van der Waals surface area contributed by atoms with Gasteiger partial charge in [0.15, 0.2) is 5.78 Å². The van der Waals surface area contributed by atoms with Crippen molar-refractivity contribution in [2.45, 2.75) is 32.0 Å². The highest BCUT2D eigenvalue weighted by Crippen LogP contribution is 2.26. The summed E-state index contributed by atoms with van der Waals surface area (Å²) >= 11 is 0. The molecule has 1 fully saturated rings. The molecule has 2 unspecified atom stereocenters. The Morgan fingerprint density at radius 3 is 2.60 bits per heavy atom. The van der Waals surface area contributed by atoms with Crippen LogP contribution in [0.4, 0.5) is 0 Å². The van der Waals surface area contributed by atoms with E-state index in [1.807, 2.05) is 43.3 Å². The lowest BCUT2D eigenvalue weighted by Gasteiger charge is -2.11. The van der Waals surface area contributed by atoms with Crippen LogP contribution in [-0.4, -0.2) is 25.1 Å². The minimum atomic E-state index is -0.277. The Labute approximate surface area is 118 Å². The Morgan fingerprint density at radius 2 is 1.90 bits per heavy atom. The van der Waals surface area contributed by atoms with Crippen molar-refractivity contribution in [1.82, 2.24) is 0 Å². The number of hydrogen-bond acceptors (Lipinski definition) is 3. The first-order chi connectivity index (χ1) is 9.67. The van der Waals surface area contributed by atoms with Crippen LogP contribution in [0.1, 0.15) is 30.1 Å². The van der Waals surface area contributed by atoms with Gasteiger partial charge in [-0.3, -0.25) is 4.79 Å². The second-order valence-corrected chi connectivity index (χ2v) is 5.30. The van der Waals surface area contributed by atoms with E-state index in [1.54, 1.807) is 7.11 Å². The van der Waals surface area contributed by atoms with Gasteiger partial charge in [-0.1, -0.05) is 18.2 Å². The molecule has 0 bridgehead atoms. The second kappa shape index (κ2) is 5.25. The number of Topliss-reactive ketones (excluding diaryl/α,β-unsaturated/α-hetero) is 1. The van der Waals surface area contributed by atoms with Crippen LogP contribution in [0.25, 0.3) is 10.8 Å². The minimum Gasteiger partial charge on any atom is -0.497 e. The molecule has 0 radical (unpaired) electrons. The summed E-state index contributed by atoms with van der Waals surface area (Å²) in [4.78, 5) is 12.4. The quantitative estimate of drug-likeness (QED) is 0.799. The van der Waals surface area contributed by atoms with Crippen LogP contribution in [-0.2, 0) is 4.74 Å². The smallest absolute Gasteiger partial charge is 0.191 e. The number of benzene rings is 2. The number of fused-ring (bicyclic) bond motifs is 1. The maximum absolute atomic E-state index is 12.4. The molecule has 1 heterocycles. The predicted molar refractivity (Wildman–Crippen MR) is 78.4 cm³/mol. The van der Waals surface area contributed by atoms with Crippen LogP contribution in [0.5, 0.6) is 5.75 Å². The second-order valence-electron chi connectivity index (χ2n) is 5.30. The molecule has 0 N–H and O–H groups in total. The third-order valence-electron chi connectivity index (χ3n) is 3.86. The molecular weight excluding hydrogens is 252 g/mol. The van der Waals surface area contributed by atoms with Crippen LogP contribution < -0.4 is 4.74 Å². The summed E-state index contributed by atoms with van der Waals surface area (Å²) in [7, 11) is 1.65. The Hall–Kier alpha value is -1.87. The van der Waals surface area contributed by atoms with Crippen molar-refractivity contribution in [3.8, 4) is 5.75 Å². The highest BCUT2D eigenvalue weighted by atomic mass is 16.5. The highest BCUT2D eigenvalue weighted by Gasteiger charge is 2.28. The number of ether oxygens (including phenoxy) is 2. The molecule has 20 heavy (non-hydrogen) atoms. The van der Waals surface area contributed by atoms with Crippen molar-refractivity contribution in [2.75, 3.05) is 7.11 Å². The van der Waals surface area contributed by atoms with Crippen LogP contribution in [0.15, 0.2) is 36.4 Å². The monoisotopic (exact) mass is 270 g/mol. The van der Waals surface area contributed by atoms with Gasteiger partial charge in [-0.25, -0.2) is 0 Å². The molecule has 0 amide bonds. The molecule has 3 rings (SSSR count). The molecular formula is C17H18O3. The van der Waals surface area contributed by atoms with Gasteiger partial charge in [0.2, 0.25) is 0 Å². The molecule has 0 spiro atoms. The third kappa shape index (κ3) is 2.41. The largest absolute Gasteiger partial charge is 0.497 e. The summed E-state index contributed by atoms with van der Waals surface area (Å²) in [6.07, 6.45) is 1.69. The van der Waals surface area contributed by atoms with Gasteiger partial charge in [0, 0.05) is 5.56 Å². The third-order valence-corrected chi connectivity index (χ3v) is 3.86. The predicted octanol–water partition coefficient (Wildman–Crippen LogP) is 3.60. The first-order valence-corrected chi connectivity index (χ1v) is 6.95. The maximum Gasteiger partial charge on any atom is 0.191 e. The van der Waals surface area contributed by atoms with Crippen LogP contribution >= 0.6 is 0 Å². The Balaban J connectivity index is 1.91. The molecule has 0 aliphatic carbocycles. The summed E-state index contributed by atoms with van der Waals surface area (Å²) in [5.41, 5.74) is 0.724. The molecule has 1 saturated heterocycles. The first-order valence-electron chi connectivity index (χ1n) is 6.95.